The Labute approximate surface area is 129 Å². The normalized spacial score (nSPS) is 18.7. The Morgan fingerprint density at radius 2 is 2.04 bits per heavy atom. The van der Waals surface area contributed by atoms with Gasteiger partial charge in [0.15, 0.2) is 0 Å². The van der Waals surface area contributed by atoms with Crippen LogP contribution < -0.4 is 4.72 Å². The van der Waals surface area contributed by atoms with E-state index in [1.165, 1.54) is 6.33 Å². The van der Waals surface area contributed by atoms with Crippen molar-refractivity contribution in [2.45, 2.75) is 36.5 Å². The Morgan fingerprint density at radius 3 is 2.70 bits per heavy atom. The molecule has 0 saturated carbocycles. The Hall–Kier alpha value is -2.01. The highest BCUT2D eigenvalue weighted by Gasteiger charge is 2.33. The first-order valence-electron chi connectivity index (χ1n) is 6.71. The number of pyridine rings is 1. The van der Waals surface area contributed by atoms with Crippen molar-refractivity contribution in [2.75, 3.05) is 0 Å². The molecule has 3 heterocycles. The first-order chi connectivity index (χ1) is 10.8. The van der Waals surface area contributed by atoms with Crippen molar-refractivity contribution in [3.8, 4) is 0 Å². The average molecular weight is 347 g/mol. The molecule has 1 N–H and O–H groups in total. The van der Waals surface area contributed by atoms with Gasteiger partial charge in [0.2, 0.25) is 10.0 Å². The summed E-state index contributed by atoms with van der Waals surface area (Å²) in [5.74, 6) is 0.486. The summed E-state index contributed by atoms with van der Waals surface area (Å²) in [6, 6.07) is 0.947. The van der Waals surface area contributed by atoms with Crippen LogP contribution in [0.1, 0.15) is 30.4 Å². The molecule has 2 aromatic heterocycles. The van der Waals surface area contributed by atoms with Gasteiger partial charge >= 0.3 is 6.18 Å². The van der Waals surface area contributed by atoms with Gasteiger partial charge in [-0.2, -0.15) is 18.3 Å². The highest BCUT2D eigenvalue weighted by atomic mass is 32.2. The van der Waals surface area contributed by atoms with Crippen LogP contribution in [0, 0.1) is 0 Å². The molecule has 0 aliphatic carbocycles. The fraction of sp³-hybridized carbons (Fsp3) is 0.417. The molecule has 2 aromatic rings. The van der Waals surface area contributed by atoms with Crippen molar-refractivity contribution in [1.29, 1.82) is 0 Å². The van der Waals surface area contributed by atoms with Crippen LogP contribution in [0.3, 0.4) is 0 Å². The van der Waals surface area contributed by atoms with Crippen molar-refractivity contribution >= 4 is 10.0 Å². The van der Waals surface area contributed by atoms with E-state index >= 15 is 0 Å². The van der Waals surface area contributed by atoms with Crippen molar-refractivity contribution in [1.82, 2.24) is 24.5 Å². The molecular formula is C12H12F3N5O2S. The largest absolute Gasteiger partial charge is 0.433 e. The molecule has 23 heavy (non-hydrogen) atoms. The average Bonchev–Trinajstić information content (AvgIpc) is 2.96. The lowest BCUT2D eigenvalue weighted by Gasteiger charge is -2.23. The van der Waals surface area contributed by atoms with E-state index in [9.17, 15) is 21.6 Å². The second-order valence-electron chi connectivity index (χ2n) is 5.03. The lowest BCUT2D eigenvalue weighted by molar-refractivity contribution is -0.141. The second-order valence-corrected chi connectivity index (χ2v) is 6.75. The van der Waals surface area contributed by atoms with E-state index in [2.05, 4.69) is 19.8 Å². The third-order valence-corrected chi connectivity index (χ3v) is 4.91. The summed E-state index contributed by atoms with van der Waals surface area (Å²) in [5, 5.41) is 3.98. The van der Waals surface area contributed by atoms with Crippen LogP contribution in [0.4, 0.5) is 13.2 Å². The van der Waals surface area contributed by atoms with Crippen LogP contribution in [0.2, 0.25) is 0 Å². The van der Waals surface area contributed by atoms with Crippen LogP contribution in [-0.4, -0.2) is 28.2 Å². The van der Waals surface area contributed by atoms with Crippen LogP contribution in [0.5, 0.6) is 0 Å². The predicted octanol–water partition coefficient (Wildman–Crippen LogP) is 1.51. The summed E-state index contributed by atoms with van der Waals surface area (Å²) >= 11 is 0. The molecule has 1 aliphatic rings. The van der Waals surface area contributed by atoms with Gasteiger partial charge in [0, 0.05) is 12.7 Å². The van der Waals surface area contributed by atoms with E-state index in [1.54, 1.807) is 4.68 Å². The molecule has 1 atom stereocenters. The number of sulfonamides is 1. The van der Waals surface area contributed by atoms with Crippen molar-refractivity contribution in [3.63, 3.8) is 0 Å². The molecule has 0 unspecified atom stereocenters. The Balaban J connectivity index is 1.83. The minimum absolute atomic E-state index is 0.331. The van der Waals surface area contributed by atoms with E-state index in [0.717, 1.165) is 12.5 Å². The zero-order valence-corrected chi connectivity index (χ0v) is 12.5. The van der Waals surface area contributed by atoms with Gasteiger partial charge in [0.05, 0.1) is 6.04 Å². The fourth-order valence-corrected chi connectivity index (χ4v) is 3.54. The standard InChI is InChI=1S/C12H12F3N5O2S/c13-12(14,15)10-4-3-8(6-16-10)23(21,22)19-9-2-1-5-20-11(9)17-7-18-20/h3-4,6-7,9,19H,1-2,5H2/t9-/m1/s1. The predicted molar refractivity (Wildman–Crippen MR) is 71.6 cm³/mol. The van der Waals surface area contributed by atoms with Gasteiger partial charge in [-0.1, -0.05) is 0 Å². The number of alkyl halides is 3. The molecule has 0 bridgehead atoms. The third-order valence-electron chi connectivity index (χ3n) is 3.45. The molecule has 0 saturated heterocycles. The summed E-state index contributed by atoms with van der Waals surface area (Å²) in [6.45, 7) is 0.648. The molecule has 0 amide bonds. The zero-order chi connectivity index (χ0) is 16.7. The quantitative estimate of drug-likeness (QED) is 0.909. The summed E-state index contributed by atoms with van der Waals surface area (Å²) in [5.41, 5.74) is -1.14. The van der Waals surface area contributed by atoms with Crippen LogP contribution >= 0.6 is 0 Å². The van der Waals surface area contributed by atoms with Gasteiger partial charge < -0.3 is 0 Å². The molecule has 1 aliphatic heterocycles. The van der Waals surface area contributed by atoms with E-state index in [-0.39, 0.29) is 4.90 Å². The topological polar surface area (TPSA) is 89.8 Å². The van der Waals surface area contributed by atoms with Gasteiger partial charge in [0.25, 0.3) is 0 Å². The SMILES string of the molecule is O=S(=O)(N[C@@H]1CCCn2ncnc21)c1ccc(C(F)(F)F)nc1. The minimum Gasteiger partial charge on any atom is -0.250 e. The maximum atomic E-state index is 12.5. The summed E-state index contributed by atoms with van der Waals surface area (Å²) in [7, 11) is -4.00. The second kappa shape index (κ2) is 5.57. The molecule has 7 nitrogen and oxygen atoms in total. The molecule has 0 spiro atoms. The lowest BCUT2D eigenvalue weighted by Crippen LogP contribution is -2.33. The van der Waals surface area contributed by atoms with Crippen LogP contribution in [-0.2, 0) is 22.7 Å². The van der Waals surface area contributed by atoms with Gasteiger partial charge in [-0.05, 0) is 25.0 Å². The first kappa shape index (κ1) is 15.9. The number of aryl methyl sites for hydroxylation is 1. The number of hydrogen-bond donors (Lipinski definition) is 1. The molecule has 0 aromatic carbocycles. The molecular weight excluding hydrogens is 335 g/mol. The van der Waals surface area contributed by atoms with Crippen LogP contribution in [0.25, 0.3) is 0 Å². The highest BCUT2D eigenvalue weighted by molar-refractivity contribution is 7.89. The van der Waals surface area contributed by atoms with Crippen molar-refractivity contribution in [2.24, 2.45) is 0 Å². The van der Waals surface area contributed by atoms with E-state index in [4.69, 9.17) is 0 Å². The first-order valence-corrected chi connectivity index (χ1v) is 8.19. The smallest absolute Gasteiger partial charge is 0.250 e. The monoisotopic (exact) mass is 347 g/mol. The minimum atomic E-state index is -4.62. The number of rotatable bonds is 3. The van der Waals surface area contributed by atoms with Crippen molar-refractivity contribution < 1.29 is 21.6 Å². The molecule has 11 heteroatoms. The molecule has 124 valence electrons. The lowest BCUT2D eigenvalue weighted by atomic mass is 10.1. The maximum Gasteiger partial charge on any atom is 0.433 e. The van der Waals surface area contributed by atoms with Gasteiger partial charge in [-0.3, -0.25) is 4.98 Å². The third kappa shape index (κ3) is 3.20. The summed E-state index contributed by atoms with van der Waals surface area (Å²) < 4.78 is 66.1. The van der Waals surface area contributed by atoms with E-state index in [1.807, 2.05) is 0 Å². The maximum absolute atomic E-state index is 12.5. The molecule has 3 rings (SSSR count). The number of hydrogen-bond acceptors (Lipinski definition) is 5. The van der Waals surface area contributed by atoms with Gasteiger partial charge in [-0.15, -0.1) is 0 Å². The van der Waals surface area contributed by atoms with Gasteiger partial charge in [-0.25, -0.2) is 22.8 Å². The molecule has 0 fully saturated rings. The number of fused-ring (bicyclic) bond motifs is 1. The number of nitrogens with one attached hydrogen (secondary N) is 1. The Bertz CT molecular complexity index is 801. The van der Waals surface area contributed by atoms with E-state index < -0.39 is 27.9 Å². The Morgan fingerprint density at radius 1 is 1.26 bits per heavy atom. The van der Waals surface area contributed by atoms with Gasteiger partial charge in [0.1, 0.15) is 22.7 Å². The van der Waals surface area contributed by atoms with Crippen LogP contribution in [0.15, 0.2) is 29.6 Å². The fourth-order valence-electron chi connectivity index (χ4n) is 2.36. The number of halogens is 3. The number of aromatic nitrogens is 4. The molecule has 0 radical (unpaired) electrons. The Kier molecular flexibility index (Phi) is 3.84. The summed E-state index contributed by atoms with van der Waals surface area (Å²) in [6.07, 6.45) is -1.34. The van der Waals surface area contributed by atoms with Crippen molar-refractivity contribution in [3.05, 3.63) is 36.2 Å². The number of nitrogens with zero attached hydrogens (tertiary/aromatic N) is 4. The van der Waals surface area contributed by atoms with E-state index in [0.29, 0.717) is 31.1 Å². The zero-order valence-electron chi connectivity index (χ0n) is 11.7. The highest BCUT2D eigenvalue weighted by Crippen LogP contribution is 2.28. The summed E-state index contributed by atoms with van der Waals surface area (Å²) in [4.78, 5) is 6.86.